The van der Waals surface area contributed by atoms with Crippen molar-refractivity contribution in [1.82, 2.24) is 20.6 Å². The highest BCUT2D eigenvalue weighted by molar-refractivity contribution is 5.87. The quantitative estimate of drug-likeness (QED) is 0.303. The molecule has 0 aliphatic rings. The highest BCUT2D eigenvalue weighted by Crippen LogP contribution is 2.13. The maximum atomic E-state index is 13.2. The van der Waals surface area contributed by atoms with E-state index in [9.17, 15) is 19.5 Å². The number of aliphatic hydroxyl groups excluding tert-OH is 1. The number of aliphatic hydroxyl groups is 1. The Kier molecular flexibility index (Phi) is 11.2. The molecule has 11 heteroatoms. The summed E-state index contributed by atoms with van der Waals surface area (Å²) in [6.07, 6.45) is 0.616. The summed E-state index contributed by atoms with van der Waals surface area (Å²) in [7, 11) is 1.56. The van der Waals surface area contributed by atoms with Gasteiger partial charge in [-0.3, -0.25) is 4.79 Å². The second-order valence-electron chi connectivity index (χ2n) is 9.08. The van der Waals surface area contributed by atoms with Crippen molar-refractivity contribution in [3.8, 4) is 5.75 Å². The predicted molar refractivity (Wildman–Crippen MR) is 131 cm³/mol. The third kappa shape index (κ3) is 9.57. The Morgan fingerprint density at radius 2 is 1.78 bits per heavy atom. The summed E-state index contributed by atoms with van der Waals surface area (Å²) in [5.41, 5.74) is 1.34. The second kappa shape index (κ2) is 14.1. The summed E-state index contributed by atoms with van der Waals surface area (Å²) in [5, 5.41) is 15.8. The molecule has 1 heterocycles. The molecule has 0 bridgehead atoms. The summed E-state index contributed by atoms with van der Waals surface area (Å²) >= 11 is 0. The summed E-state index contributed by atoms with van der Waals surface area (Å²) in [5.74, 6) is -0.679. The van der Waals surface area contributed by atoms with Crippen LogP contribution in [0.25, 0.3) is 0 Å². The number of nitrogens with one attached hydrogen (secondary N) is 3. The third-order valence-corrected chi connectivity index (χ3v) is 5.14. The van der Waals surface area contributed by atoms with Crippen molar-refractivity contribution >= 4 is 18.0 Å². The molecule has 36 heavy (non-hydrogen) atoms. The molecule has 0 spiro atoms. The number of imidazole rings is 1. The number of ether oxygens (including phenoxy) is 3. The van der Waals surface area contributed by atoms with Crippen molar-refractivity contribution < 1.29 is 33.7 Å². The fraction of sp³-hybridized carbons (Fsp3) is 0.520. The molecular weight excluding hydrogens is 468 g/mol. The Labute approximate surface area is 210 Å². The van der Waals surface area contributed by atoms with Crippen LogP contribution in [0, 0.1) is 5.92 Å². The molecule has 0 fully saturated rings. The van der Waals surface area contributed by atoms with Crippen LogP contribution >= 0.6 is 0 Å². The molecule has 1 aromatic carbocycles. The number of carbonyl (C=O) groups excluding carboxylic acids is 3. The minimum atomic E-state index is -1.56. The first-order chi connectivity index (χ1) is 17.1. The Bertz CT molecular complexity index is 961. The predicted octanol–water partition coefficient (Wildman–Crippen LogP) is 2.10. The number of hydrogen-bond donors (Lipinski definition) is 4. The van der Waals surface area contributed by atoms with Crippen molar-refractivity contribution in [3.63, 3.8) is 0 Å². The van der Waals surface area contributed by atoms with Crippen molar-refractivity contribution in [2.45, 2.75) is 71.4 Å². The summed E-state index contributed by atoms with van der Waals surface area (Å²) in [4.78, 5) is 44.8. The number of amides is 2. The maximum Gasteiger partial charge on any atom is 0.408 e. The molecule has 0 saturated heterocycles. The Morgan fingerprint density at radius 3 is 2.33 bits per heavy atom. The Balaban J connectivity index is 2.09. The van der Waals surface area contributed by atoms with Crippen LogP contribution in [-0.4, -0.2) is 64.4 Å². The van der Waals surface area contributed by atoms with Gasteiger partial charge in [0, 0.05) is 18.3 Å². The molecular formula is C25H36N4O7. The standard InChI is InChI=1S/C25H36N4O7/c1-15(2)10-20(22(30)24(32)36-16(3)4)28-23(31)21(11-18-12-26-14-27-18)29-25(33)35-13-17-6-8-19(34-5)9-7-17/h6-9,12,14-16,20-22,30H,10-11,13H2,1-5H3,(H,26,27)(H,28,31)(H,29,33)/t20-,21-,22?/m0/s1. The molecule has 4 N–H and O–H groups in total. The zero-order chi connectivity index (χ0) is 26.7. The second-order valence-corrected chi connectivity index (χ2v) is 9.08. The van der Waals surface area contributed by atoms with Gasteiger partial charge < -0.3 is 34.9 Å². The van der Waals surface area contributed by atoms with Crippen molar-refractivity contribution in [3.05, 3.63) is 48.0 Å². The van der Waals surface area contributed by atoms with E-state index in [4.69, 9.17) is 14.2 Å². The van der Waals surface area contributed by atoms with Gasteiger partial charge in [-0.1, -0.05) is 26.0 Å². The zero-order valence-corrected chi connectivity index (χ0v) is 21.3. The molecule has 198 valence electrons. The Morgan fingerprint density at radius 1 is 1.08 bits per heavy atom. The molecule has 1 aromatic heterocycles. The first-order valence-corrected chi connectivity index (χ1v) is 11.8. The Hall–Kier alpha value is -3.60. The van der Waals surface area contributed by atoms with Crippen LogP contribution in [-0.2, 0) is 32.1 Å². The third-order valence-electron chi connectivity index (χ3n) is 5.14. The van der Waals surface area contributed by atoms with Gasteiger partial charge in [0.1, 0.15) is 18.4 Å². The van der Waals surface area contributed by atoms with Crippen molar-refractivity contribution in [2.24, 2.45) is 5.92 Å². The van der Waals surface area contributed by atoms with Crippen LogP contribution < -0.4 is 15.4 Å². The lowest BCUT2D eigenvalue weighted by atomic mass is 9.98. The van der Waals surface area contributed by atoms with Gasteiger partial charge in [0.15, 0.2) is 6.10 Å². The molecule has 0 radical (unpaired) electrons. The van der Waals surface area contributed by atoms with Crippen molar-refractivity contribution in [1.29, 1.82) is 0 Å². The summed E-state index contributed by atoms with van der Waals surface area (Å²) < 4.78 is 15.5. The summed E-state index contributed by atoms with van der Waals surface area (Å²) in [6, 6.07) is 5.04. The van der Waals surface area contributed by atoms with Crippen LogP contribution in [0.1, 0.15) is 45.4 Å². The van der Waals surface area contributed by atoms with E-state index in [1.54, 1.807) is 45.2 Å². The minimum Gasteiger partial charge on any atom is -0.497 e. The van der Waals surface area contributed by atoms with Gasteiger partial charge in [-0.25, -0.2) is 14.6 Å². The number of rotatable bonds is 13. The molecule has 2 aromatic rings. The SMILES string of the molecule is COc1ccc(COC(=O)N[C@@H](Cc2cnc[nH]2)C(=O)N[C@@H](CC(C)C)C(O)C(=O)OC(C)C)cc1. The van der Waals surface area contributed by atoms with Gasteiger partial charge in [0.2, 0.25) is 5.91 Å². The number of H-pyrrole nitrogens is 1. The van der Waals surface area contributed by atoms with Gasteiger partial charge in [0.05, 0.1) is 25.6 Å². The molecule has 1 unspecified atom stereocenters. The fourth-order valence-electron chi connectivity index (χ4n) is 3.40. The zero-order valence-electron chi connectivity index (χ0n) is 21.3. The number of methoxy groups -OCH3 is 1. The molecule has 2 amide bonds. The highest BCUT2D eigenvalue weighted by Gasteiger charge is 2.33. The lowest BCUT2D eigenvalue weighted by Gasteiger charge is -2.27. The lowest BCUT2D eigenvalue weighted by molar-refractivity contribution is -0.159. The first kappa shape index (κ1) is 28.6. The number of hydrogen-bond acceptors (Lipinski definition) is 8. The van der Waals surface area contributed by atoms with Crippen LogP contribution in [0.2, 0.25) is 0 Å². The normalized spacial score (nSPS) is 13.6. The number of aromatic nitrogens is 2. The largest absolute Gasteiger partial charge is 0.497 e. The molecule has 0 saturated carbocycles. The van der Waals surface area contributed by atoms with Crippen molar-refractivity contribution in [2.75, 3.05) is 7.11 Å². The number of nitrogens with zero attached hydrogens (tertiary/aromatic N) is 1. The topological polar surface area (TPSA) is 152 Å². The van der Waals surface area contributed by atoms with E-state index in [0.717, 1.165) is 5.56 Å². The first-order valence-electron chi connectivity index (χ1n) is 11.8. The van der Waals surface area contributed by atoms with E-state index >= 15 is 0 Å². The molecule has 0 aliphatic carbocycles. The van der Waals surface area contributed by atoms with Crippen LogP contribution in [0.4, 0.5) is 4.79 Å². The number of aromatic amines is 1. The van der Waals surface area contributed by atoms with E-state index in [2.05, 4.69) is 20.6 Å². The van der Waals surface area contributed by atoms with E-state index in [1.807, 2.05) is 13.8 Å². The molecule has 2 rings (SSSR count). The smallest absolute Gasteiger partial charge is 0.408 e. The number of esters is 1. The van der Waals surface area contributed by atoms with Crippen LogP contribution in [0.3, 0.4) is 0 Å². The monoisotopic (exact) mass is 504 g/mol. The van der Waals surface area contributed by atoms with Gasteiger partial charge in [-0.05, 0) is 43.9 Å². The number of alkyl carbamates (subject to hydrolysis) is 1. The van der Waals surface area contributed by atoms with Crippen LogP contribution in [0.5, 0.6) is 5.75 Å². The van der Waals surface area contributed by atoms with E-state index in [-0.39, 0.29) is 18.9 Å². The van der Waals surface area contributed by atoms with Gasteiger partial charge in [-0.2, -0.15) is 0 Å². The van der Waals surface area contributed by atoms with E-state index < -0.39 is 42.3 Å². The fourth-order valence-corrected chi connectivity index (χ4v) is 3.40. The number of benzene rings is 1. The maximum absolute atomic E-state index is 13.2. The van der Waals surface area contributed by atoms with Gasteiger partial charge in [-0.15, -0.1) is 0 Å². The van der Waals surface area contributed by atoms with Crippen LogP contribution in [0.15, 0.2) is 36.8 Å². The van der Waals surface area contributed by atoms with Gasteiger partial charge in [0.25, 0.3) is 0 Å². The molecule has 3 atom stereocenters. The molecule has 11 nitrogen and oxygen atoms in total. The van der Waals surface area contributed by atoms with Gasteiger partial charge >= 0.3 is 12.1 Å². The minimum absolute atomic E-state index is 0.00996. The lowest BCUT2D eigenvalue weighted by Crippen LogP contribution is -2.55. The summed E-state index contributed by atoms with van der Waals surface area (Å²) in [6.45, 7) is 7.13. The average Bonchev–Trinajstić information content (AvgIpc) is 3.34. The molecule has 0 aliphatic heterocycles. The average molecular weight is 505 g/mol. The number of carbonyl (C=O) groups is 3. The van der Waals surface area contributed by atoms with E-state index in [0.29, 0.717) is 17.9 Å². The highest BCUT2D eigenvalue weighted by atomic mass is 16.6. The van der Waals surface area contributed by atoms with E-state index in [1.165, 1.54) is 12.5 Å².